The summed E-state index contributed by atoms with van der Waals surface area (Å²) in [7, 11) is -1.01. The van der Waals surface area contributed by atoms with Crippen molar-refractivity contribution in [2.45, 2.75) is 31.7 Å². The fourth-order valence-corrected chi connectivity index (χ4v) is 3.52. The van der Waals surface area contributed by atoms with E-state index in [4.69, 9.17) is 9.47 Å². The average molecular weight is 386 g/mol. The zero-order valence-electron chi connectivity index (χ0n) is 15.7. The molecule has 1 aromatic carbocycles. The smallest absolute Gasteiger partial charge is 0.325 e. The van der Waals surface area contributed by atoms with E-state index in [1.54, 1.807) is 20.8 Å². The molecule has 0 spiro atoms. The van der Waals surface area contributed by atoms with Crippen molar-refractivity contribution < 1.29 is 27.5 Å². The first-order valence-electron chi connectivity index (χ1n) is 8.19. The third kappa shape index (κ3) is 5.99. The number of benzene rings is 1. The second-order valence-corrected chi connectivity index (χ2v) is 7.73. The summed E-state index contributed by atoms with van der Waals surface area (Å²) >= 11 is 0. The third-order valence-electron chi connectivity index (χ3n) is 3.63. The molecule has 0 heterocycles. The fraction of sp³-hybridized carbons (Fsp3) is 0.529. The molecule has 0 unspecified atom stereocenters. The van der Waals surface area contributed by atoms with Gasteiger partial charge in [-0.25, -0.2) is 8.42 Å². The van der Waals surface area contributed by atoms with E-state index in [2.05, 4.69) is 4.72 Å². The number of likely N-dealkylation sites (N-methyl/N-ethyl adjacent to an activating group) is 1. The Labute approximate surface area is 154 Å². The first-order valence-corrected chi connectivity index (χ1v) is 9.67. The van der Waals surface area contributed by atoms with Crippen LogP contribution in [0.5, 0.6) is 5.75 Å². The molecule has 0 saturated heterocycles. The fourth-order valence-electron chi connectivity index (χ4n) is 2.18. The lowest BCUT2D eigenvalue weighted by molar-refractivity contribution is -0.148. The van der Waals surface area contributed by atoms with Crippen LogP contribution in [0, 0.1) is 5.92 Å². The highest BCUT2D eigenvalue weighted by Crippen LogP contribution is 2.17. The molecule has 1 amide bonds. The largest absolute Gasteiger partial charge is 0.497 e. The Balaban J connectivity index is 2.95. The summed E-state index contributed by atoms with van der Waals surface area (Å²) in [6, 6.07) is 4.82. The van der Waals surface area contributed by atoms with Gasteiger partial charge in [-0.05, 0) is 37.1 Å². The Morgan fingerprint density at radius 3 is 2.23 bits per heavy atom. The molecule has 0 aliphatic carbocycles. The van der Waals surface area contributed by atoms with Crippen LogP contribution in [0.15, 0.2) is 29.2 Å². The molecule has 0 bridgehead atoms. The average Bonchev–Trinajstić information content (AvgIpc) is 2.59. The summed E-state index contributed by atoms with van der Waals surface area (Å²) in [6.45, 7) is 5.06. The van der Waals surface area contributed by atoms with E-state index in [0.717, 1.165) is 4.90 Å². The molecule has 0 aliphatic rings. The van der Waals surface area contributed by atoms with Crippen molar-refractivity contribution in [3.8, 4) is 5.75 Å². The van der Waals surface area contributed by atoms with Gasteiger partial charge in [-0.2, -0.15) is 4.72 Å². The predicted octanol–water partition coefficient (Wildman–Crippen LogP) is 1.02. The van der Waals surface area contributed by atoms with Crippen LogP contribution in [-0.2, 0) is 24.3 Å². The van der Waals surface area contributed by atoms with Crippen LogP contribution in [0.4, 0.5) is 0 Å². The number of rotatable bonds is 9. The number of amides is 1. The van der Waals surface area contributed by atoms with E-state index in [9.17, 15) is 18.0 Å². The maximum atomic E-state index is 12.6. The highest BCUT2D eigenvalue weighted by atomic mass is 32.2. The summed E-state index contributed by atoms with van der Waals surface area (Å²) in [4.78, 5) is 25.3. The maximum Gasteiger partial charge on any atom is 0.325 e. The Bertz CT molecular complexity index is 715. The van der Waals surface area contributed by atoms with Crippen molar-refractivity contribution in [1.29, 1.82) is 0 Å². The zero-order valence-corrected chi connectivity index (χ0v) is 16.5. The Kier molecular flexibility index (Phi) is 8.04. The lowest BCUT2D eigenvalue weighted by Crippen LogP contribution is -2.51. The third-order valence-corrected chi connectivity index (χ3v) is 5.09. The number of nitrogens with one attached hydrogen (secondary N) is 1. The minimum atomic E-state index is -3.92. The van der Waals surface area contributed by atoms with Gasteiger partial charge in [0.25, 0.3) is 0 Å². The molecule has 1 aromatic rings. The van der Waals surface area contributed by atoms with E-state index < -0.39 is 27.9 Å². The lowest BCUT2D eigenvalue weighted by atomic mass is 10.0. The summed E-state index contributed by atoms with van der Waals surface area (Å²) in [5, 5.41) is 0. The van der Waals surface area contributed by atoms with Gasteiger partial charge in [0, 0.05) is 7.05 Å². The number of hydrogen-bond acceptors (Lipinski definition) is 6. The Morgan fingerprint density at radius 2 is 1.77 bits per heavy atom. The quantitative estimate of drug-likeness (QED) is 0.636. The number of carbonyl (C=O) groups is 2. The monoisotopic (exact) mass is 386 g/mol. The van der Waals surface area contributed by atoms with Crippen molar-refractivity contribution in [3.05, 3.63) is 24.3 Å². The second-order valence-electron chi connectivity index (χ2n) is 6.02. The van der Waals surface area contributed by atoms with E-state index in [1.165, 1.54) is 38.4 Å². The first-order chi connectivity index (χ1) is 12.1. The van der Waals surface area contributed by atoms with Gasteiger partial charge in [0.05, 0.1) is 18.6 Å². The highest BCUT2D eigenvalue weighted by molar-refractivity contribution is 7.89. The van der Waals surface area contributed by atoms with Gasteiger partial charge in [-0.3, -0.25) is 9.59 Å². The minimum Gasteiger partial charge on any atom is -0.497 e. The van der Waals surface area contributed by atoms with E-state index >= 15 is 0 Å². The molecule has 1 N–H and O–H groups in total. The number of ether oxygens (including phenoxy) is 2. The van der Waals surface area contributed by atoms with E-state index in [0.29, 0.717) is 5.75 Å². The molecule has 1 rings (SSSR count). The van der Waals surface area contributed by atoms with Crippen LogP contribution in [0.2, 0.25) is 0 Å². The SMILES string of the molecule is CCOC(=O)CN(C)C(=O)[C@@H](NS(=O)(=O)c1ccc(OC)cc1)C(C)C. The minimum absolute atomic E-state index is 0.0183. The number of sulfonamides is 1. The summed E-state index contributed by atoms with van der Waals surface area (Å²) in [5.41, 5.74) is 0. The highest BCUT2D eigenvalue weighted by Gasteiger charge is 2.31. The van der Waals surface area contributed by atoms with Crippen LogP contribution < -0.4 is 9.46 Å². The number of methoxy groups -OCH3 is 1. The Morgan fingerprint density at radius 1 is 1.19 bits per heavy atom. The second kappa shape index (κ2) is 9.54. The van der Waals surface area contributed by atoms with Gasteiger partial charge >= 0.3 is 5.97 Å². The molecule has 1 atom stereocenters. The standard InChI is InChI=1S/C17H26N2O6S/c1-6-25-15(20)11-19(4)17(21)16(12(2)3)18-26(22,23)14-9-7-13(24-5)8-10-14/h7-10,12,16,18H,6,11H2,1-5H3/t16-/m0/s1. The summed E-state index contributed by atoms with van der Waals surface area (Å²) < 4.78 is 37.4. The van der Waals surface area contributed by atoms with E-state index in [1.807, 2.05) is 0 Å². The van der Waals surface area contributed by atoms with Gasteiger partial charge in [0.15, 0.2) is 0 Å². The van der Waals surface area contributed by atoms with Crippen molar-refractivity contribution >= 4 is 21.9 Å². The van der Waals surface area contributed by atoms with Crippen molar-refractivity contribution in [3.63, 3.8) is 0 Å². The molecule has 0 aliphatic heterocycles. The first kappa shape index (κ1) is 21.9. The van der Waals surface area contributed by atoms with Gasteiger partial charge in [0.2, 0.25) is 15.9 Å². The predicted molar refractivity (Wildman–Crippen MR) is 96.2 cm³/mol. The molecule has 146 valence electrons. The topological polar surface area (TPSA) is 102 Å². The van der Waals surface area contributed by atoms with Gasteiger partial charge in [-0.15, -0.1) is 0 Å². The van der Waals surface area contributed by atoms with Crippen molar-refractivity contribution in [2.75, 3.05) is 27.3 Å². The number of carbonyl (C=O) groups excluding carboxylic acids is 2. The van der Waals surface area contributed by atoms with E-state index in [-0.39, 0.29) is 24.0 Å². The van der Waals surface area contributed by atoms with Crippen LogP contribution in [0.3, 0.4) is 0 Å². The molecule has 0 radical (unpaired) electrons. The van der Waals surface area contributed by atoms with Gasteiger partial charge in [0.1, 0.15) is 18.3 Å². The van der Waals surface area contributed by atoms with Crippen LogP contribution >= 0.6 is 0 Å². The summed E-state index contributed by atoms with van der Waals surface area (Å²) in [6.07, 6.45) is 0. The number of esters is 1. The molecule has 8 nitrogen and oxygen atoms in total. The Hall–Kier alpha value is -2.13. The van der Waals surface area contributed by atoms with Crippen molar-refractivity contribution in [2.24, 2.45) is 5.92 Å². The summed E-state index contributed by atoms with van der Waals surface area (Å²) in [5.74, 6) is -0.858. The van der Waals surface area contributed by atoms with Crippen LogP contribution in [0.1, 0.15) is 20.8 Å². The zero-order chi connectivity index (χ0) is 19.9. The van der Waals surface area contributed by atoms with Crippen LogP contribution in [-0.4, -0.2) is 58.5 Å². The molecule has 0 saturated carbocycles. The number of hydrogen-bond donors (Lipinski definition) is 1. The van der Waals surface area contributed by atoms with Gasteiger partial charge in [-0.1, -0.05) is 13.8 Å². The normalized spacial score (nSPS) is 12.5. The van der Waals surface area contributed by atoms with Gasteiger partial charge < -0.3 is 14.4 Å². The maximum absolute atomic E-state index is 12.6. The molecule has 9 heteroatoms. The van der Waals surface area contributed by atoms with Crippen molar-refractivity contribution in [1.82, 2.24) is 9.62 Å². The molecule has 0 aromatic heterocycles. The van der Waals surface area contributed by atoms with Crippen LogP contribution in [0.25, 0.3) is 0 Å². The molecule has 0 fully saturated rings. The number of nitrogens with zero attached hydrogens (tertiary/aromatic N) is 1. The molecular formula is C17H26N2O6S. The lowest BCUT2D eigenvalue weighted by Gasteiger charge is -2.26. The molecular weight excluding hydrogens is 360 g/mol. The molecule has 26 heavy (non-hydrogen) atoms.